The van der Waals surface area contributed by atoms with Crippen molar-refractivity contribution in [2.24, 2.45) is 0 Å². The maximum atomic E-state index is 13.2. The van der Waals surface area contributed by atoms with Crippen molar-refractivity contribution in [3.8, 4) is 11.5 Å². The summed E-state index contributed by atoms with van der Waals surface area (Å²) >= 11 is 2.57. The summed E-state index contributed by atoms with van der Waals surface area (Å²) in [5.74, 6) is -0.545. The third-order valence-electron chi connectivity index (χ3n) is 4.51. The Kier molecular flexibility index (Phi) is 6.63. The molecule has 0 spiro atoms. The summed E-state index contributed by atoms with van der Waals surface area (Å²) in [5, 5.41) is 2.19. The van der Waals surface area contributed by atoms with Crippen molar-refractivity contribution < 1.29 is 27.5 Å². The fourth-order valence-corrected chi connectivity index (χ4v) is 5.71. The minimum absolute atomic E-state index is 0.274. The Hall–Kier alpha value is -2.24. The number of rotatable bonds is 9. The van der Waals surface area contributed by atoms with E-state index < -0.39 is 33.4 Å². The van der Waals surface area contributed by atoms with Crippen molar-refractivity contribution >= 4 is 49.9 Å². The van der Waals surface area contributed by atoms with Gasteiger partial charge in [-0.15, -0.1) is 11.3 Å². The van der Waals surface area contributed by atoms with E-state index in [1.54, 1.807) is 23.6 Å². The van der Waals surface area contributed by atoms with Gasteiger partial charge < -0.3 is 14.2 Å². The normalized spacial score (nSPS) is 14.6. The lowest BCUT2D eigenvalue weighted by atomic mass is 10.1. The van der Waals surface area contributed by atoms with Crippen LogP contribution in [0.15, 0.2) is 23.6 Å². The number of ether oxygens (including phenoxy) is 2. The number of amides is 2. The van der Waals surface area contributed by atoms with Gasteiger partial charge in [-0.1, -0.05) is 18.0 Å². The number of carbonyl (C=O) groups excluding carboxylic acids is 2. The molecule has 1 unspecified atom stereocenters. The van der Waals surface area contributed by atoms with Crippen molar-refractivity contribution in [2.45, 2.75) is 13.0 Å². The molecule has 3 rings (SSSR count). The van der Waals surface area contributed by atoms with Gasteiger partial charge in [0.2, 0.25) is 0 Å². The molecule has 0 radical (unpaired) electrons. The first kappa shape index (κ1) is 22.4. The first-order valence-corrected chi connectivity index (χ1v) is 13.1. The van der Waals surface area contributed by atoms with Gasteiger partial charge in [0, 0.05) is 17.9 Å². The molecule has 11 heteroatoms. The number of nitrogens with zero attached hydrogens (tertiary/aromatic N) is 1. The Labute approximate surface area is 183 Å². The summed E-state index contributed by atoms with van der Waals surface area (Å²) in [7, 11) is -2.03. The van der Waals surface area contributed by atoms with Gasteiger partial charge >= 0.3 is 0 Å². The Morgan fingerprint density at radius 3 is 2.57 bits per heavy atom. The largest absolute Gasteiger partial charge is 0.493 e. The average molecular weight is 471 g/mol. The zero-order valence-electron chi connectivity index (χ0n) is 16.9. The number of sulfone groups is 1. The fraction of sp³-hybridized carbons (Fsp3) is 0.368. The molecule has 2 aromatic rings. The van der Waals surface area contributed by atoms with E-state index in [-0.39, 0.29) is 11.1 Å². The molecule has 0 fully saturated rings. The van der Waals surface area contributed by atoms with Crippen LogP contribution in [-0.2, 0) is 9.84 Å². The number of nitrogens with one attached hydrogen (secondary N) is 1. The maximum Gasteiger partial charge on any atom is 0.265 e. The van der Waals surface area contributed by atoms with Gasteiger partial charge in [0.15, 0.2) is 11.5 Å². The summed E-state index contributed by atoms with van der Waals surface area (Å²) in [5.41, 5.74) is 1.02. The number of methoxy groups -OCH3 is 1. The summed E-state index contributed by atoms with van der Waals surface area (Å²) in [6, 6.07) is 3.90. The highest BCUT2D eigenvalue weighted by molar-refractivity contribution is 8.00. The second kappa shape index (κ2) is 8.86. The van der Waals surface area contributed by atoms with Crippen molar-refractivity contribution in [3.63, 3.8) is 0 Å². The van der Waals surface area contributed by atoms with Crippen LogP contribution in [0.3, 0.4) is 0 Å². The number of hydrogen-bond donors (Lipinski definition) is 1. The Morgan fingerprint density at radius 2 is 1.97 bits per heavy atom. The number of hydrogen-bond acceptors (Lipinski definition) is 9. The number of anilines is 1. The van der Waals surface area contributed by atoms with Gasteiger partial charge in [-0.05, 0) is 24.6 Å². The molecule has 0 saturated carbocycles. The molecule has 1 N–H and O–H groups in total. The minimum atomic E-state index is -3.52. The van der Waals surface area contributed by atoms with E-state index in [1.165, 1.54) is 30.4 Å². The van der Waals surface area contributed by atoms with Crippen LogP contribution in [0.5, 0.6) is 11.5 Å². The second-order valence-corrected chi connectivity index (χ2v) is 10.3. The van der Waals surface area contributed by atoms with E-state index in [0.717, 1.165) is 11.2 Å². The Bertz CT molecular complexity index is 1080. The zero-order chi connectivity index (χ0) is 22.1. The van der Waals surface area contributed by atoms with Gasteiger partial charge in [0.1, 0.15) is 14.8 Å². The highest BCUT2D eigenvalue weighted by atomic mass is 32.2. The van der Waals surface area contributed by atoms with E-state index in [0.29, 0.717) is 28.7 Å². The smallest absolute Gasteiger partial charge is 0.265 e. The highest BCUT2D eigenvalue weighted by Crippen LogP contribution is 2.41. The molecular weight excluding hydrogens is 448 g/mol. The number of fused-ring (bicyclic) bond motifs is 1. The summed E-state index contributed by atoms with van der Waals surface area (Å²) in [4.78, 5) is 27.3. The Balaban J connectivity index is 2.09. The van der Waals surface area contributed by atoms with Crippen LogP contribution in [-0.4, -0.2) is 57.1 Å². The third-order valence-corrected chi connectivity index (χ3v) is 6.87. The molecule has 0 aliphatic carbocycles. The zero-order valence-corrected chi connectivity index (χ0v) is 19.4. The lowest BCUT2D eigenvalue weighted by Crippen LogP contribution is -2.38. The summed E-state index contributed by atoms with van der Waals surface area (Å²) in [6.45, 7) is 2.19. The SMILES string of the molecule is CCOc1cc(C(CS(C)(=O)=O)N2C(=O)c3csc(NSC)c3C2=O)ccc1OC. The fourth-order valence-electron chi connectivity index (χ4n) is 3.30. The van der Waals surface area contributed by atoms with Crippen LogP contribution >= 0.6 is 23.3 Å². The number of carbonyl (C=O) groups is 2. The number of imide groups is 1. The van der Waals surface area contributed by atoms with E-state index in [1.807, 2.05) is 13.2 Å². The third kappa shape index (κ3) is 4.28. The van der Waals surface area contributed by atoms with E-state index in [2.05, 4.69) is 4.72 Å². The van der Waals surface area contributed by atoms with Crippen LogP contribution in [0.25, 0.3) is 0 Å². The molecule has 0 bridgehead atoms. The van der Waals surface area contributed by atoms with Gasteiger partial charge in [-0.3, -0.25) is 14.5 Å². The van der Waals surface area contributed by atoms with Crippen LogP contribution in [0.1, 0.15) is 39.2 Å². The lowest BCUT2D eigenvalue weighted by Gasteiger charge is -2.27. The predicted molar refractivity (Wildman–Crippen MR) is 119 cm³/mol. The van der Waals surface area contributed by atoms with Crippen LogP contribution < -0.4 is 14.2 Å². The molecule has 8 nitrogen and oxygen atoms in total. The molecule has 2 amide bonds. The molecular formula is C19H22N2O6S3. The second-order valence-electron chi connectivity index (χ2n) is 6.59. The molecule has 2 heterocycles. The quantitative estimate of drug-likeness (QED) is 0.440. The van der Waals surface area contributed by atoms with Crippen molar-refractivity contribution in [1.82, 2.24) is 4.90 Å². The molecule has 1 aliphatic rings. The monoisotopic (exact) mass is 470 g/mol. The number of benzene rings is 1. The standard InChI is InChI=1S/C19H22N2O6S3/c1-5-27-15-8-11(6-7-14(15)26-2)13(10-30(4,24)25)21-18(22)12-9-29-17(20-28-3)16(12)19(21)23/h6-9,13,20H,5,10H2,1-4H3. The van der Waals surface area contributed by atoms with Crippen LogP contribution in [0, 0.1) is 0 Å². The van der Waals surface area contributed by atoms with Gasteiger partial charge in [-0.25, -0.2) is 8.42 Å². The van der Waals surface area contributed by atoms with Crippen molar-refractivity contribution in [1.29, 1.82) is 0 Å². The van der Waals surface area contributed by atoms with E-state index in [4.69, 9.17) is 9.47 Å². The average Bonchev–Trinajstić information content (AvgIpc) is 3.20. The lowest BCUT2D eigenvalue weighted by molar-refractivity contribution is 0.0597. The highest BCUT2D eigenvalue weighted by Gasteiger charge is 2.44. The molecule has 1 aliphatic heterocycles. The molecule has 0 saturated heterocycles. The summed E-state index contributed by atoms with van der Waals surface area (Å²) in [6.07, 6.45) is 2.89. The van der Waals surface area contributed by atoms with Gasteiger partial charge in [-0.2, -0.15) is 0 Å². The van der Waals surface area contributed by atoms with Gasteiger partial charge in [0.05, 0.1) is 36.6 Å². The maximum absolute atomic E-state index is 13.2. The van der Waals surface area contributed by atoms with Crippen molar-refractivity contribution in [2.75, 3.05) is 36.7 Å². The molecule has 1 aromatic carbocycles. The molecule has 162 valence electrons. The van der Waals surface area contributed by atoms with E-state index >= 15 is 0 Å². The molecule has 1 aromatic heterocycles. The molecule has 30 heavy (non-hydrogen) atoms. The molecule has 1 atom stereocenters. The first-order valence-electron chi connectivity index (χ1n) is 8.98. The van der Waals surface area contributed by atoms with Crippen LogP contribution in [0.2, 0.25) is 0 Å². The summed E-state index contributed by atoms with van der Waals surface area (Å²) < 4.78 is 38.2. The topological polar surface area (TPSA) is 102 Å². The number of thiophene rings is 1. The van der Waals surface area contributed by atoms with Crippen LogP contribution in [0.4, 0.5) is 5.00 Å². The van der Waals surface area contributed by atoms with Crippen molar-refractivity contribution in [3.05, 3.63) is 40.3 Å². The Morgan fingerprint density at radius 1 is 1.23 bits per heavy atom. The predicted octanol–water partition coefficient (Wildman–Crippen LogP) is 3.23. The van der Waals surface area contributed by atoms with Gasteiger partial charge in [0.25, 0.3) is 11.8 Å². The minimum Gasteiger partial charge on any atom is -0.493 e. The van der Waals surface area contributed by atoms with E-state index in [9.17, 15) is 18.0 Å². The first-order chi connectivity index (χ1) is 14.2.